The minimum Gasteiger partial charge on any atom is -0.497 e. The molecule has 1 aliphatic heterocycles. The van der Waals surface area contributed by atoms with Crippen molar-refractivity contribution in [2.45, 2.75) is 6.10 Å². The third kappa shape index (κ3) is 1.77. The zero-order valence-electron chi connectivity index (χ0n) is 8.71. The van der Waals surface area contributed by atoms with Gasteiger partial charge in [0.2, 0.25) is 6.10 Å². The molecule has 82 valence electrons. The Bertz CT molecular complexity index is 436. The van der Waals surface area contributed by atoms with Gasteiger partial charge in [-0.25, -0.2) is 4.79 Å². The van der Waals surface area contributed by atoms with E-state index >= 15 is 0 Å². The minimum absolute atomic E-state index is 0.266. The molecule has 1 amide bonds. The van der Waals surface area contributed by atoms with Gasteiger partial charge < -0.3 is 9.47 Å². The number of benzene rings is 1. The van der Waals surface area contributed by atoms with Crippen LogP contribution in [0.25, 0.3) is 0 Å². The predicted molar refractivity (Wildman–Crippen MR) is 56.2 cm³/mol. The molecule has 0 N–H and O–H groups in total. The third-order valence-corrected chi connectivity index (χ3v) is 2.34. The van der Waals surface area contributed by atoms with Crippen LogP contribution in [0.5, 0.6) is 5.75 Å². The fourth-order valence-electron chi connectivity index (χ4n) is 1.50. The zero-order chi connectivity index (χ0) is 11.5. The molecule has 1 aromatic carbocycles. The highest BCUT2D eigenvalue weighted by Crippen LogP contribution is 2.23. The summed E-state index contributed by atoms with van der Waals surface area (Å²) >= 11 is 0. The van der Waals surface area contributed by atoms with Crippen LogP contribution in [-0.2, 0) is 4.74 Å². The lowest BCUT2D eigenvalue weighted by Gasteiger charge is -2.12. The number of nitrogens with zero attached hydrogens (tertiary/aromatic N) is 2. The number of hydrogen-bond donors (Lipinski definition) is 0. The standard InChI is InChI=1S/C11H10N2O3/c1-15-9-4-2-8(3-5-9)13-7-10(6-12)16-11(13)14/h2-5,10H,7H2,1H3. The first-order valence-electron chi connectivity index (χ1n) is 4.76. The summed E-state index contributed by atoms with van der Waals surface area (Å²) in [5, 5.41) is 8.66. The van der Waals surface area contributed by atoms with Crippen molar-refractivity contribution in [2.24, 2.45) is 0 Å². The lowest BCUT2D eigenvalue weighted by atomic mass is 10.2. The third-order valence-electron chi connectivity index (χ3n) is 2.34. The number of rotatable bonds is 2. The molecule has 0 bridgehead atoms. The Kier molecular flexibility index (Phi) is 2.64. The topological polar surface area (TPSA) is 62.6 Å². The Morgan fingerprint density at radius 2 is 2.19 bits per heavy atom. The molecule has 1 unspecified atom stereocenters. The van der Waals surface area contributed by atoms with E-state index in [4.69, 9.17) is 14.7 Å². The molecule has 1 heterocycles. The van der Waals surface area contributed by atoms with Gasteiger partial charge >= 0.3 is 6.09 Å². The Morgan fingerprint density at radius 3 is 2.69 bits per heavy atom. The molecule has 1 fully saturated rings. The average Bonchev–Trinajstić information content (AvgIpc) is 2.71. The molecule has 0 saturated carbocycles. The van der Waals surface area contributed by atoms with E-state index in [1.54, 1.807) is 31.4 Å². The number of carbonyl (C=O) groups is 1. The van der Waals surface area contributed by atoms with Gasteiger partial charge in [-0.3, -0.25) is 4.90 Å². The van der Waals surface area contributed by atoms with E-state index in [-0.39, 0.29) is 6.54 Å². The lowest BCUT2D eigenvalue weighted by Crippen LogP contribution is -2.24. The highest BCUT2D eigenvalue weighted by atomic mass is 16.6. The van der Waals surface area contributed by atoms with Crippen LogP contribution in [-0.4, -0.2) is 25.9 Å². The van der Waals surface area contributed by atoms with E-state index in [0.717, 1.165) is 0 Å². The molecule has 5 nitrogen and oxygen atoms in total. The van der Waals surface area contributed by atoms with Crippen LogP contribution < -0.4 is 9.64 Å². The van der Waals surface area contributed by atoms with Crippen LogP contribution in [0.2, 0.25) is 0 Å². The van der Waals surface area contributed by atoms with Crippen molar-refractivity contribution in [3.8, 4) is 11.8 Å². The zero-order valence-corrected chi connectivity index (χ0v) is 8.71. The van der Waals surface area contributed by atoms with Crippen molar-refractivity contribution in [1.29, 1.82) is 5.26 Å². The first kappa shape index (κ1) is 10.3. The van der Waals surface area contributed by atoms with Crippen molar-refractivity contribution in [2.75, 3.05) is 18.6 Å². The number of ether oxygens (including phenoxy) is 2. The molecule has 0 aliphatic carbocycles. The largest absolute Gasteiger partial charge is 0.497 e. The number of anilines is 1. The van der Waals surface area contributed by atoms with Crippen molar-refractivity contribution >= 4 is 11.8 Å². The van der Waals surface area contributed by atoms with Crippen molar-refractivity contribution < 1.29 is 14.3 Å². The lowest BCUT2D eigenvalue weighted by molar-refractivity contribution is 0.162. The monoisotopic (exact) mass is 218 g/mol. The molecular weight excluding hydrogens is 208 g/mol. The average molecular weight is 218 g/mol. The predicted octanol–water partition coefficient (Wildman–Crippen LogP) is 1.54. The van der Waals surface area contributed by atoms with Crippen LogP contribution in [0.4, 0.5) is 10.5 Å². The molecule has 0 radical (unpaired) electrons. The molecule has 5 heteroatoms. The molecule has 16 heavy (non-hydrogen) atoms. The van der Waals surface area contributed by atoms with Gasteiger partial charge in [0.15, 0.2) is 0 Å². The SMILES string of the molecule is COc1ccc(N2CC(C#N)OC2=O)cc1. The van der Waals surface area contributed by atoms with Crippen LogP contribution in [0.3, 0.4) is 0 Å². The highest BCUT2D eigenvalue weighted by molar-refractivity contribution is 5.90. The second kappa shape index (κ2) is 4.11. The number of nitriles is 1. The molecule has 1 aliphatic rings. The second-order valence-electron chi connectivity index (χ2n) is 3.31. The van der Waals surface area contributed by atoms with Crippen LogP contribution in [0.15, 0.2) is 24.3 Å². The van der Waals surface area contributed by atoms with E-state index in [0.29, 0.717) is 11.4 Å². The van der Waals surface area contributed by atoms with E-state index in [1.807, 2.05) is 6.07 Å². The van der Waals surface area contributed by atoms with Gasteiger partial charge in [-0.15, -0.1) is 0 Å². The number of hydrogen-bond acceptors (Lipinski definition) is 4. The molecule has 0 spiro atoms. The smallest absolute Gasteiger partial charge is 0.415 e. The number of cyclic esters (lactones) is 1. The molecule has 1 aromatic rings. The Morgan fingerprint density at radius 1 is 1.50 bits per heavy atom. The van der Waals surface area contributed by atoms with Crippen LogP contribution in [0, 0.1) is 11.3 Å². The normalized spacial score (nSPS) is 19.1. The van der Waals surface area contributed by atoms with Crippen molar-refractivity contribution in [1.82, 2.24) is 0 Å². The Labute approximate surface area is 92.8 Å². The molecule has 0 aromatic heterocycles. The second-order valence-corrected chi connectivity index (χ2v) is 3.31. The van der Waals surface area contributed by atoms with Gasteiger partial charge in [-0.1, -0.05) is 0 Å². The summed E-state index contributed by atoms with van der Waals surface area (Å²) in [5.41, 5.74) is 0.698. The van der Waals surface area contributed by atoms with Gasteiger partial charge in [0.05, 0.1) is 13.7 Å². The summed E-state index contributed by atoms with van der Waals surface area (Å²) in [4.78, 5) is 12.8. The van der Waals surface area contributed by atoms with Gasteiger partial charge in [0, 0.05) is 5.69 Å². The summed E-state index contributed by atoms with van der Waals surface area (Å²) in [5.74, 6) is 0.716. The maximum atomic E-state index is 11.4. The first-order valence-corrected chi connectivity index (χ1v) is 4.76. The van der Waals surface area contributed by atoms with E-state index in [9.17, 15) is 4.79 Å². The maximum Gasteiger partial charge on any atom is 0.415 e. The highest BCUT2D eigenvalue weighted by Gasteiger charge is 2.32. The summed E-state index contributed by atoms with van der Waals surface area (Å²) in [7, 11) is 1.57. The van der Waals surface area contributed by atoms with Gasteiger partial charge in [0.25, 0.3) is 0 Å². The molecular formula is C11H10N2O3. The quantitative estimate of drug-likeness (QED) is 0.755. The fraction of sp³-hybridized carbons (Fsp3) is 0.273. The molecule has 1 atom stereocenters. The van der Waals surface area contributed by atoms with Gasteiger partial charge in [0.1, 0.15) is 11.8 Å². The van der Waals surface area contributed by atoms with Crippen LogP contribution in [0.1, 0.15) is 0 Å². The number of amides is 1. The number of carbonyl (C=O) groups excluding carboxylic acids is 1. The molecule has 2 rings (SSSR count). The van der Waals surface area contributed by atoms with E-state index in [1.165, 1.54) is 4.90 Å². The summed E-state index contributed by atoms with van der Waals surface area (Å²) in [6.45, 7) is 0.266. The summed E-state index contributed by atoms with van der Waals surface area (Å²) in [6.07, 6.45) is -1.17. The fourth-order valence-corrected chi connectivity index (χ4v) is 1.50. The van der Waals surface area contributed by atoms with Gasteiger partial charge in [-0.05, 0) is 24.3 Å². The maximum absolute atomic E-state index is 11.4. The number of methoxy groups -OCH3 is 1. The molecule has 1 saturated heterocycles. The van der Waals surface area contributed by atoms with Crippen LogP contribution >= 0.6 is 0 Å². The summed E-state index contributed by atoms with van der Waals surface area (Å²) in [6, 6.07) is 8.91. The van der Waals surface area contributed by atoms with E-state index in [2.05, 4.69) is 0 Å². The Hall–Kier alpha value is -2.22. The first-order chi connectivity index (χ1) is 7.74. The summed E-state index contributed by atoms with van der Waals surface area (Å²) < 4.78 is 9.84. The van der Waals surface area contributed by atoms with Crippen molar-refractivity contribution in [3.05, 3.63) is 24.3 Å². The van der Waals surface area contributed by atoms with Crippen molar-refractivity contribution in [3.63, 3.8) is 0 Å². The minimum atomic E-state index is -0.686. The van der Waals surface area contributed by atoms with E-state index < -0.39 is 12.2 Å². The Balaban J connectivity index is 2.18. The van der Waals surface area contributed by atoms with Gasteiger partial charge in [-0.2, -0.15) is 5.26 Å².